The number of esters is 1. The number of nitrogens with zero attached hydrogens (tertiary/aromatic N) is 1. The number of rotatable bonds is 6. The minimum atomic E-state index is -0.482. The predicted octanol–water partition coefficient (Wildman–Crippen LogP) is 1.90. The lowest BCUT2D eigenvalue weighted by Gasteiger charge is -2.44. The molecule has 1 saturated carbocycles. The molecule has 3 atom stereocenters. The highest BCUT2D eigenvalue weighted by Gasteiger charge is 2.48. The predicted molar refractivity (Wildman–Crippen MR) is 78.1 cm³/mol. The fourth-order valence-electron chi connectivity index (χ4n) is 3.04. The number of nitrogens with one attached hydrogen (secondary N) is 1. The third-order valence-electron chi connectivity index (χ3n) is 4.50. The molecule has 0 saturated heterocycles. The monoisotopic (exact) mass is 270 g/mol. The Morgan fingerprint density at radius 1 is 1.42 bits per heavy atom. The average Bonchev–Trinajstić information content (AvgIpc) is 2.34. The Morgan fingerprint density at radius 3 is 2.68 bits per heavy atom. The van der Waals surface area contributed by atoms with Gasteiger partial charge in [-0.25, -0.2) is 0 Å². The van der Waals surface area contributed by atoms with E-state index in [-0.39, 0.29) is 5.97 Å². The van der Waals surface area contributed by atoms with Crippen molar-refractivity contribution in [2.24, 2.45) is 11.8 Å². The smallest absolute Gasteiger partial charge is 0.326 e. The van der Waals surface area contributed by atoms with E-state index in [2.05, 4.69) is 24.1 Å². The highest BCUT2D eigenvalue weighted by Crippen LogP contribution is 2.38. The molecule has 1 N–H and O–H groups in total. The first kappa shape index (κ1) is 16.4. The van der Waals surface area contributed by atoms with Gasteiger partial charge in [-0.15, -0.1) is 0 Å². The van der Waals surface area contributed by atoms with Gasteiger partial charge in [0.25, 0.3) is 0 Å². The van der Waals surface area contributed by atoms with Gasteiger partial charge in [-0.05, 0) is 39.3 Å². The quantitative estimate of drug-likeness (QED) is 0.749. The van der Waals surface area contributed by atoms with Crippen LogP contribution < -0.4 is 5.32 Å². The molecule has 0 aromatic heterocycles. The van der Waals surface area contributed by atoms with E-state index in [9.17, 15) is 4.79 Å². The van der Waals surface area contributed by atoms with Gasteiger partial charge in [0.1, 0.15) is 5.54 Å². The molecule has 0 aromatic carbocycles. The summed E-state index contributed by atoms with van der Waals surface area (Å²) in [4.78, 5) is 14.6. The zero-order chi connectivity index (χ0) is 14.5. The first-order chi connectivity index (χ1) is 8.94. The molecule has 112 valence electrons. The van der Waals surface area contributed by atoms with Crippen LogP contribution in [0.2, 0.25) is 0 Å². The summed E-state index contributed by atoms with van der Waals surface area (Å²) in [5, 5.41) is 3.52. The van der Waals surface area contributed by atoms with Gasteiger partial charge in [0.05, 0.1) is 6.61 Å². The van der Waals surface area contributed by atoms with Crippen LogP contribution >= 0.6 is 0 Å². The summed E-state index contributed by atoms with van der Waals surface area (Å²) in [5.74, 6) is 0.820. The summed E-state index contributed by atoms with van der Waals surface area (Å²) in [6.45, 7) is 8.51. The second-order valence-corrected chi connectivity index (χ2v) is 6.08. The third-order valence-corrected chi connectivity index (χ3v) is 4.50. The molecule has 0 aromatic rings. The maximum absolute atomic E-state index is 12.5. The number of likely N-dealkylation sites (N-methyl/N-ethyl adjacent to an activating group) is 1. The molecule has 1 aliphatic carbocycles. The maximum atomic E-state index is 12.5. The van der Waals surface area contributed by atoms with Crippen molar-refractivity contribution in [3.05, 3.63) is 0 Å². The molecule has 0 aliphatic heterocycles. The summed E-state index contributed by atoms with van der Waals surface area (Å²) in [5.41, 5.74) is -0.482. The Morgan fingerprint density at radius 2 is 2.11 bits per heavy atom. The van der Waals surface area contributed by atoms with Crippen molar-refractivity contribution in [3.63, 3.8) is 0 Å². The van der Waals surface area contributed by atoms with E-state index >= 15 is 0 Å². The summed E-state index contributed by atoms with van der Waals surface area (Å²) < 4.78 is 5.35. The largest absolute Gasteiger partial charge is 0.465 e. The van der Waals surface area contributed by atoms with Crippen molar-refractivity contribution in [2.75, 3.05) is 33.8 Å². The lowest BCUT2D eigenvalue weighted by Crippen LogP contribution is -2.61. The van der Waals surface area contributed by atoms with Crippen LogP contribution in [0.4, 0.5) is 0 Å². The minimum Gasteiger partial charge on any atom is -0.465 e. The average molecular weight is 270 g/mol. The van der Waals surface area contributed by atoms with Crippen molar-refractivity contribution >= 4 is 5.97 Å². The van der Waals surface area contributed by atoms with Gasteiger partial charge >= 0.3 is 5.97 Å². The van der Waals surface area contributed by atoms with E-state index in [1.165, 1.54) is 6.42 Å². The molecule has 4 nitrogen and oxygen atoms in total. The van der Waals surface area contributed by atoms with Gasteiger partial charge in [0.2, 0.25) is 0 Å². The van der Waals surface area contributed by atoms with Crippen molar-refractivity contribution in [1.29, 1.82) is 0 Å². The van der Waals surface area contributed by atoms with Crippen LogP contribution in [0.5, 0.6) is 0 Å². The fraction of sp³-hybridized carbons (Fsp3) is 0.933. The molecule has 0 heterocycles. The maximum Gasteiger partial charge on any atom is 0.326 e. The van der Waals surface area contributed by atoms with Crippen molar-refractivity contribution in [2.45, 2.75) is 45.6 Å². The standard InChI is InChI=1S/C15H30N2O2/c1-6-19-14(18)15(16-10-11-17(4)5)9-7-8-12(2)13(15)3/h12-13,16H,6-11H2,1-5H3. The number of hydrogen-bond acceptors (Lipinski definition) is 4. The second kappa shape index (κ2) is 7.25. The molecule has 0 spiro atoms. The van der Waals surface area contributed by atoms with Crippen LogP contribution in [0.15, 0.2) is 0 Å². The van der Waals surface area contributed by atoms with E-state index in [1.807, 2.05) is 21.0 Å². The van der Waals surface area contributed by atoms with Gasteiger partial charge in [0.15, 0.2) is 0 Å². The highest BCUT2D eigenvalue weighted by molar-refractivity contribution is 5.81. The summed E-state index contributed by atoms with van der Waals surface area (Å²) in [6.07, 6.45) is 3.20. The van der Waals surface area contributed by atoms with Crippen LogP contribution in [0.1, 0.15) is 40.0 Å². The number of carbonyl (C=O) groups excluding carboxylic acids is 1. The first-order valence-electron chi connectivity index (χ1n) is 7.51. The number of ether oxygens (including phenoxy) is 1. The SMILES string of the molecule is CCOC(=O)C1(NCCN(C)C)CCCC(C)C1C. The van der Waals surface area contributed by atoms with Crippen LogP contribution in [0.25, 0.3) is 0 Å². The molecule has 1 fully saturated rings. The van der Waals surface area contributed by atoms with Gasteiger partial charge in [0, 0.05) is 13.1 Å². The molecule has 1 aliphatic rings. The molecule has 3 unspecified atom stereocenters. The van der Waals surface area contributed by atoms with E-state index in [4.69, 9.17) is 4.74 Å². The minimum absolute atomic E-state index is 0.0622. The molecule has 0 radical (unpaired) electrons. The van der Waals surface area contributed by atoms with E-state index in [0.29, 0.717) is 18.4 Å². The Kier molecular flexibility index (Phi) is 6.27. The van der Waals surface area contributed by atoms with Crippen molar-refractivity contribution in [3.8, 4) is 0 Å². The van der Waals surface area contributed by atoms with Crippen LogP contribution in [0, 0.1) is 11.8 Å². The molecule has 4 heteroatoms. The summed E-state index contributed by atoms with van der Waals surface area (Å²) >= 11 is 0. The highest BCUT2D eigenvalue weighted by atomic mass is 16.5. The first-order valence-corrected chi connectivity index (χ1v) is 7.51. The number of hydrogen-bond donors (Lipinski definition) is 1. The Bertz CT molecular complexity index is 294. The Hall–Kier alpha value is -0.610. The molecule has 1 rings (SSSR count). The topological polar surface area (TPSA) is 41.6 Å². The van der Waals surface area contributed by atoms with E-state index in [1.54, 1.807) is 0 Å². The van der Waals surface area contributed by atoms with Gasteiger partial charge in [-0.1, -0.05) is 26.7 Å². The lowest BCUT2D eigenvalue weighted by atomic mass is 9.68. The van der Waals surface area contributed by atoms with Gasteiger partial charge < -0.3 is 15.0 Å². The Balaban J connectivity index is 2.79. The molecule has 0 bridgehead atoms. The fourth-order valence-corrected chi connectivity index (χ4v) is 3.04. The molecular formula is C15H30N2O2. The summed E-state index contributed by atoms with van der Waals surface area (Å²) in [7, 11) is 4.09. The van der Waals surface area contributed by atoms with Crippen LogP contribution in [-0.4, -0.2) is 50.2 Å². The molecule has 19 heavy (non-hydrogen) atoms. The Labute approximate surface area is 117 Å². The normalized spacial score (nSPS) is 31.5. The second-order valence-electron chi connectivity index (χ2n) is 6.08. The lowest BCUT2D eigenvalue weighted by molar-refractivity contribution is -0.156. The third kappa shape index (κ3) is 3.93. The van der Waals surface area contributed by atoms with E-state index < -0.39 is 5.54 Å². The van der Waals surface area contributed by atoms with Crippen molar-refractivity contribution in [1.82, 2.24) is 10.2 Å². The number of carbonyl (C=O) groups is 1. The summed E-state index contributed by atoms with van der Waals surface area (Å²) in [6, 6.07) is 0. The van der Waals surface area contributed by atoms with E-state index in [0.717, 1.165) is 25.9 Å². The van der Waals surface area contributed by atoms with Crippen molar-refractivity contribution < 1.29 is 9.53 Å². The molecular weight excluding hydrogens is 240 g/mol. The zero-order valence-corrected chi connectivity index (χ0v) is 13.2. The van der Waals surface area contributed by atoms with Gasteiger partial charge in [-0.2, -0.15) is 0 Å². The van der Waals surface area contributed by atoms with Gasteiger partial charge in [-0.3, -0.25) is 4.79 Å². The zero-order valence-electron chi connectivity index (χ0n) is 13.2. The van der Waals surface area contributed by atoms with Crippen LogP contribution in [-0.2, 0) is 9.53 Å². The van der Waals surface area contributed by atoms with Crippen LogP contribution in [0.3, 0.4) is 0 Å². The molecule has 0 amide bonds.